The van der Waals surface area contributed by atoms with E-state index in [9.17, 15) is 9.90 Å². The molecule has 66 valence electrons. The third-order valence-electron chi connectivity index (χ3n) is 1.27. The minimum absolute atomic E-state index is 0. The number of aliphatic carboxylic acids is 1. The predicted octanol–water partition coefficient (Wildman–Crippen LogP) is -5.28. The quantitative estimate of drug-likeness (QED) is 0.337. The van der Waals surface area contributed by atoms with E-state index in [1.54, 1.807) is 0 Å². The number of hydrogen-bond donors (Lipinski definition) is 2. The van der Waals surface area contributed by atoms with Crippen molar-refractivity contribution in [3.05, 3.63) is 0 Å². The van der Waals surface area contributed by atoms with Crippen LogP contribution in [0.5, 0.6) is 0 Å². The Bertz CT molecular complexity index is 132. The van der Waals surface area contributed by atoms with Crippen LogP contribution in [0, 0.1) is 0 Å². The van der Waals surface area contributed by atoms with Gasteiger partial charge in [-0.15, -0.1) is 0 Å². The van der Waals surface area contributed by atoms with E-state index in [0.717, 1.165) is 4.90 Å². The summed E-state index contributed by atoms with van der Waals surface area (Å²) >= 11 is 0. The van der Waals surface area contributed by atoms with Gasteiger partial charge in [0.05, 0.1) is 5.97 Å². The molecular formula is C6H12NNaO4. The van der Waals surface area contributed by atoms with Gasteiger partial charge in [0.1, 0.15) is 12.5 Å². The van der Waals surface area contributed by atoms with Gasteiger partial charge in [-0.05, 0) is 13.8 Å². The summed E-state index contributed by atoms with van der Waals surface area (Å²) in [7, 11) is 0. The third kappa shape index (κ3) is 5.93. The largest absolute Gasteiger partial charge is 1.00 e. The second-order valence-electron chi connectivity index (χ2n) is 2.31. The Morgan fingerprint density at radius 2 is 1.75 bits per heavy atom. The Hall–Kier alpha value is 0.350. The third-order valence-corrected chi connectivity index (χ3v) is 1.27. The maximum Gasteiger partial charge on any atom is 1.00 e. The van der Waals surface area contributed by atoms with Gasteiger partial charge in [0, 0.05) is 6.54 Å². The first kappa shape index (κ1) is 14.9. The zero-order chi connectivity index (χ0) is 9.02. The van der Waals surface area contributed by atoms with Crippen LogP contribution in [0.1, 0.15) is 13.8 Å². The van der Waals surface area contributed by atoms with Crippen LogP contribution in [-0.4, -0.2) is 40.1 Å². The summed E-state index contributed by atoms with van der Waals surface area (Å²) in [5, 5.41) is 27.9. The molecule has 12 heavy (non-hydrogen) atoms. The number of aliphatic hydroxyl groups is 2. The molecule has 0 radical (unpaired) electrons. The SMILES string of the molecule is CC(O)N(CC(=O)[O-])C(C)O.[Na+]. The number of nitrogens with zero attached hydrogens (tertiary/aromatic N) is 1. The van der Waals surface area contributed by atoms with Crippen molar-refractivity contribution in [2.75, 3.05) is 6.54 Å². The molecule has 0 bridgehead atoms. The Kier molecular flexibility index (Phi) is 8.44. The normalized spacial score (nSPS) is 15.1. The van der Waals surface area contributed by atoms with Crippen molar-refractivity contribution < 1.29 is 49.7 Å². The molecule has 0 aliphatic rings. The van der Waals surface area contributed by atoms with Gasteiger partial charge in [0.25, 0.3) is 0 Å². The van der Waals surface area contributed by atoms with Crippen molar-refractivity contribution in [1.29, 1.82) is 0 Å². The van der Waals surface area contributed by atoms with E-state index in [1.165, 1.54) is 13.8 Å². The van der Waals surface area contributed by atoms with Crippen LogP contribution in [0.2, 0.25) is 0 Å². The number of aliphatic hydroxyl groups excluding tert-OH is 2. The second-order valence-corrected chi connectivity index (χ2v) is 2.31. The van der Waals surface area contributed by atoms with Crippen LogP contribution < -0.4 is 34.7 Å². The van der Waals surface area contributed by atoms with Gasteiger partial charge in [-0.25, -0.2) is 4.90 Å². The number of carboxylic acids is 1. The topological polar surface area (TPSA) is 83.8 Å². The molecule has 0 aromatic heterocycles. The van der Waals surface area contributed by atoms with Crippen molar-refractivity contribution >= 4 is 5.97 Å². The minimum Gasteiger partial charge on any atom is -0.549 e. The first-order chi connectivity index (χ1) is 4.95. The van der Waals surface area contributed by atoms with Crippen LogP contribution >= 0.6 is 0 Å². The molecule has 0 spiro atoms. The summed E-state index contributed by atoms with van der Waals surface area (Å²) < 4.78 is 0. The number of rotatable bonds is 4. The average molecular weight is 185 g/mol. The molecule has 5 nitrogen and oxygen atoms in total. The number of carbonyl (C=O) groups is 1. The Labute approximate surface area is 93.3 Å². The molecule has 0 aromatic rings. The Morgan fingerprint density at radius 3 is 1.83 bits per heavy atom. The fourth-order valence-corrected chi connectivity index (χ4v) is 0.726. The summed E-state index contributed by atoms with van der Waals surface area (Å²) in [6.45, 7) is 2.26. The van der Waals surface area contributed by atoms with E-state index >= 15 is 0 Å². The van der Waals surface area contributed by atoms with Gasteiger partial charge in [-0.2, -0.15) is 0 Å². The molecule has 2 unspecified atom stereocenters. The van der Waals surface area contributed by atoms with E-state index in [1.807, 2.05) is 0 Å². The average Bonchev–Trinajstić information content (AvgIpc) is 1.81. The first-order valence-electron chi connectivity index (χ1n) is 3.27. The summed E-state index contributed by atoms with van der Waals surface area (Å²) in [4.78, 5) is 11.0. The fourth-order valence-electron chi connectivity index (χ4n) is 0.726. The smallest absolute Gasteiger partial charge is 0.549 e. The van der Waals surface area contributed by atoms with Crippen molar-refractivity contribution in [3.8, 4) is 0 Å². The van der Waals surface area contributed by atoms with E-state index in [-0.39, 0.29) is 29.6 Å². The molecule has 0 rings (SSSR count). The second kappa shape index (κ2) is 6.82. The molecule has 0 saturated carbocycles. The Morgan fingerprint density at radius 1 is 1.42 bits per heavy atom. The van der Waals surface area contributed by atoms with E-state index in [0.29, 0.717) is 0 Å². The molecule has 0 fully saturated rings. The van der Waals surface area contributed by atoms with Crippen molar-refractivity contribution in [2.24, 2.45) is 0 Å². The van der Waals surface area contributed by atoms with Gasteiger partial charge >= 0.3 is 29.6 Å². The Balaban J connectivity index is 0. The minimum atomic E-state index is -1.33. The standard InChI is InChI=1S/C6H13NO4.Na/c1-4(8)7(5(2)9)3-6(10)11;/h4-5,8-9H,3H2,1-2H3,(H,10,11);/q;+1/p-1. The molecule has 0 heterocycles. The molecule has 0 saturated heterocycles. The van der Waals surface area contributed by atoms with Crippen LogP contribution in [0.3, 0.4) is 0 Å². The van der Waals surface area contributed by atoms with E-state index < -0.39 is 25.0 Å². The van der Waals surface area contributed by atoms with E-state index in [2.05, 4.69) is 0 Å². The molecule has 6 heteroatoms. The predicted molar refractivity (Wildman–Crippen MR) is 35.1 cm³/mol. The van der Waals surface area contributed by atoms with Crippen LogP contribution in [-0.2, 0) is 4.79 Å². The molecule has 0 aliphatic heterocycles. The summed E-state index contributed by atoms with van der Waals surface area (Å²) in [5.74, 6) is -1.33. The fraction of sp³-hybridized carbons (Fsp3) is 0.833. The van der Waals surface area contributed by atoms with Crippen molar-refractivity contribution in [1.82, 2.24) is 4.90 Å². The number of carboxylic acid groups (broad SMARTS) is 1. The molecule has 0 aliphatic carbocycles. The zero-order valence-electron chi connectivity index (χ0n) is 7.52. The van der Waals surface area contributed by atoms with Crippen LogP contribution in [0.15, 0.2) is 0 Å². The summed E-state index contributed by atoms with van der Waals surface area (Å²) in [5.41, 5.74) is 0. The molecular weight excluding hydrogens is 173 g/mol. The molecule has 0 aromatic carbocycles. The van der Waals surface area contributed by atoms with Gasteiger partial charge in [-0.3, -0.25) is 0 Å². The van der Waals surface area contributed by atoms with Gasteiger partial charge in [-0.1, -0.05) is 0 Å². The van der Waals surface area contributed by atoms with Crippen molar-refractivity contribution in [2.45, 2.75) is 26.3 Å². The molecule has 2 atom stereocenters. The van der Waals surface area contributed by atoms with E-state index in [4.69, 9.17) is 10.2 Å². The van der Waals surface area contributed by atoms with Crippen LogP contribution in [0.4, 0.5) is 0 Å². The number of carbonyl (C=O) groups excluding carboxylic acids is 1. The summed E-state index contributed by atoms with van der Waals surface area (Å²) in [6, 6.07) is 0. The monoisotopic (exact) mass is 185 g/mol. The van der Waals surface area contributed by atoms with Gasteiger partial charge < -0.3 is 20.1 Å². The molecule has 0 amide bonds. The first-order valence-corrected chi connectivity index (χ1v) is 3.27. The zero-order valence-corrected chi connectivity index (χ0v) is 9.52. The van der Waals surface area contributed by atoms with Gasteiger partial charge in [0.15, 0.2) is 0 Å². The van der Waals surface area contributed by atoms with Crippen LogP contribution in [0.25, 0.3) is 0 Å². The van der Waals surface area contributed by atoms with Crippen molar-refractivity contribution in [3.63, 3.8) is 0 Å². The number of hydrogen-bond acceptors (Lipinski definition) is 5. The maximum atomic E-state index is 10.0. The summed E-state index contributed by atoms with van der Waals surface area (Å²) in [6.07, 6.45) is -1.99. The maximum absolute atomic E-state index is 10.0. The van der Waals surface area contributed by atoms with Gasteiger partial charge in [0.2, 0.25) is 0 Å². The molecule has 2 N–H and O–H groups in total.